The molecule has 0 fully saturated rings. The van der Waals surface area contributed by atoms with Crippen molar-refractivity contribution < 1.29 is 5.11 Å². The molecule has 34 heavy (non-hydrogen) atoms. The zero-order valence-corrected chi connectivity index (χ0v) is 22.2. The molecule has 0 aliphatic carbocycles. The van der Waals surface area contributed by atoms with Crippen LogP contribution < -0.4 is 9.80 Å². The highest BCUT2D eigenvalue weighted by atomic mass is 79.9. The fourth-order valence-corrected chi connectivity index (χ4v) is 4.73. The van der Waals surface area contributed by atoms with Gasteiger partial charge >= 0.3 is 0 Å². The molecule has 0 spiro atoms. The van der Waals surface area contributed by atoms with Crippen molar-refractivity contribution in [3.63, 3.8) is 0 Å². The van der Waals surface area contributed by atoms with Gasteiger partial charge in [0.05, 0.1) is 15.9 Å². The Morgan fingerprint density at radius 3 is 1.82 bits per heavy atom. The lowest BCUT2D eigenvalue weighted by Crippen LogP contribution is -2.08. The summed E-state index contributed by atoms with van der Waals surface area (Å²) < 4.78 is 2.93. The van der Waals surface area contributed by atoms with Gasteiger partial charge in [-0.05, 0) is 71.7 Å². The van der Waals surface area contributed by atoms with Crippen molar-refractivity contribution in [1.82, 2.24) is 9.55 Å². The maximum Gasteiger partial charge on any atom is 0.141 e. The second kappa shape index (κ2) is 9.55. The normalized spacial score (nSPS) is 11.0. The first-order chi connectivity index (χ1) is 16.2. The van der Waals surface area contributed by atoms with Crippen LogP contribution in [0.3, 0.4) is 0 Å². The summed E-state index contributed by atoms with van der Waals surface area (Å²) in [5.41, 5.74) is 8.29. The minimum Gasteiger partial charge on any atom is -0.506 e. The Bertz CT molecular complexity index is 1280. The van der Waals surface area contributed by atoms with E-state index in [1.54, 1.807) is 0 Å². The first-order valence-electron chi connectivity index (χ1n) is 11.4. The molecular weight excluding hydrogens is 488 g/mol. The van der Waals surface area contributed by atoms with E-state index in [4.69, 9.17) is 4.98 Å². The highest BCUT2D eigenvalue weighted by molar-refractivity contribution is 9.10. The number of aryl methyl sites for hydroxylation is 1. The van der Waals surface area contributed by atoms with Gasteiger partial charge in [0.1, 0.15) is 11.6 Å². The number of phenolic OH excluding ortho intramolecular Hbond substituents is 1. The van der Waals surface area contributed by atoms with Crippen molar-refractivity contribution in [2.45, 2.75) is 20.4 Å². The van der Waals surface area contributed by atoms with Gasteiger partial charge in [0, 0.05) is 62.8 Å². The first kappa shape index (κ1) is 23.9. The molecule has 0 saturated carbocycles. The van der Waals surface area contributed by atoms with Crippen LogP contribution in [0.15, 0.2) is 65.1 Å². The van der Waals surface area contributed by atoms with E-state index in [9.17, 15) is 5.11 Å². The summed E-state index contributed by atoms with van der Waals surface area (Å²) in [7, 11) is 8.18. The monoisotopic (exact) mass is 518 g/mol. The van der Waals surface area contributed by atoms with Crippen molar-refractivity contribution in [3.8, 4) is 39.7 Å². The van der Waals surface area contributed by atoms with E-state index in [1.165, 1.54) is 0 Å². The Hall–Kier alpha value is -3.25. The largest absolute Gasteiger partial charge is 0.506 e. The van der Waals surface area contributed by atoms with Crippen molar-refractivity contribution >= 4 is 27.3 Å². The molecule has 0 radical (unpaired) electrons. The van der Waals surface area contributed by atoms with E-state index >= 15 is 0 Å². The molecule has 1 heterocycles. The second-order valence-corrected chi connectivity index (χ2v) is 9.74. The number of anilines is 2. The SMILES string of the molecule is CCn1c(-c2cc(C)c(O)c(Br)c2)nc(-c2ccc(N(C)C)cc2)c1-c1ccc(N(C)C)cc1. The Kier molecular flexibility index (Phi) is 6.71. The van der Waals surface area contributed by atoms with Gasteiger partial charge < -0.3 is 19.5 Å². The summed E-state index contributed by atoms with van der Waals surface area (Å²) in [6.45, 7) is 4.81. The molecule has 0 bridgehead atoms. The highest BCUT2D eigenvalue weighted by Crippen LogP contribution is 2.39. The third-order valence-corrected chi connectivity index (χ3v) is 6.71. The van der Waals surface area contributed by atoms with Gasteiger partial charge in [0.25, 0.3) is 0 Å². The van der Waals surface area contributed by atoms with Crippen molar-refractivity contribution in [2.24, 2.45) is 0 Å². The third-order valence-electron chi connectivity index (χ3n) is 6.11. The van der Waals surface area contributed by atoms with Crippen molar-refractivity contribution in [2.75, 3.05) is 38.0 Å². The molecule has 1 aromatic heterocycles. The number of aromatic hydroxyl groups is 1. The van der Waals surface area contributed by atoms with Gasteiger partial charge in [-0.3, -0.25) is 0 Å². The van der Waals surface area contributed by atoms with Crippen molar-refractivity contribution in [1.29, 1.82) is 0 Å². The van der Waals surface area contributed by atoms with E-state index < -0.39 is 0 Å². The molecule has 4 aromatic rings. The summed E-state index contributed by atoms with van der Waals surface area (Å²) in [5.74, 6) is 1.14. The Morgan fingerprint density at radius 1 is 0.824 bits per heavy atom. The number of halogens is 1. The minimum absolute atomic E-state index is 0.261. The molecule has 0 amide bonds. The zero-order chi connectivity index (χ0) is 24.6. The number of benzene rings is 3. The fourth-order valence-electron chi connectivity index (χ4n) is 4.18. The summed E-state index contributed by atoms with van der Waals surface area (Å²) >= 11 is 3.50. The van der Waals surface area contributed by atoms with E-state index in [1.807, 2.05) is 47.2 Å². The molecular formula is C28H31BrN4O. The van der Waals surface area contributed by atoms with E-state index in [0.717, 1.165) is 57.4 Å². The number of hydrogen-bond acceptors (Lipinski definition) is 4. The number of imidazole rings is 1. The van der Waals surface area contributed by atoms with Gasteiger partial charge in [0.15, 0.2) is 0 Å². The Labute approximate surface area is 210 Å². The van der Waals surface area contributed by atoms with E-state index in [0.29, 0.717) is 4.47 Å². The first-order valence-corrected chi connectivity index (χ1v) is 12.2. The quantitative estimate of drug-likeness (QED) is 0.304. The molecule has 5 nitrogen and oxygen atoms in total. The third kappa shape index (κ3) is 4.42. The van der Waals surface area contributed by atoms with Crippen LogP contribution in [-0.2, 0) is 6.54 Å². The van der Waals surface area contributed by atoms with Crippen LogP contribution >= 0.6 is 15.9 Å². The summed E-state index contributed by atoms with van der Waals surface area (Å²) in [5, 5.41) is 10.3. The minimum atomic E-state index is 0.261. The molecule has 0 aliphatic heterocycles. The molecule has 6 heteroatoms. The van der Waals surface area contributed by atoms with Crippen LogP contribution in [0.1, 0.15) is 12.5 Å². The molecule has 0 saturated heterocycles. The lowest BCUT2D eigenvalue weighted by molar-refractivity contribution is 0.468. The van der Waals surface area contributed by atoms with Crippen LogP contribution in [0.2, 0.25) is 0 Å². The number of hydrogen-bond donors (Lipinski definition) is 1. The molecule has 0 aliphatic rings. The molecule has 4 rings (SSSR count). The van der Waals surface area contributed by atoms with Crippen LogP contribution in [0.4, 0.5) is 11.4 Å². The molecule has 3 aromatic carbocycles. The maximum absolute atomic E-state index is 10.3. The predicted molar refractivity (Wildman–Crippen MR) is 147 cm³/mol. The zero-order valence-electron chi connectivity index (χ0n) is 20.6. The van der Waals surface area contributed by atoms with Gasteiger partial charge in [-0.2, -0.15) is 0 Å². The highest BCUT2D eigenvalue weighted by Gasteiger charge is 2.21. The molecule has 1 N–H and O–H groups in total. The molecule has 0 unspecified atom stereocenters. The number of rotatable bonds is 6. The van der Waals surface area contributed by atoms with Crippen LogP contribution in [-0.4, -0.2) is 42.8 Å². The van der Waals surface area contributed by atoms with Crippen LogP contribution in [0.5, 0.6) is 5.75 Å². The predicted octanol–water partition coefficient (Wildman–Crippen LogP) is 6.81. The maximum atomic E-state index is 10.3. The van der Waals surface area contributed by atoms with Gasteiger partial charge in [0.2, 0.25) is 0 Å². The van der Waals surface area contributed by atoms with Crippen LogP contribution in [0.25, 0.3) is 33.9 Å². The van der Waals surface area contributed by atoms with Crippen molar-refractivity contribution in [3.05, 3.63) is 70.7 Å². The van der Waals surface area contributed by atoms with Gasteiger partial charge in [-0.1, -0.05) is 24.3 Å². The van der Waals surface area contributed by atoms with Gasteiger partial charge in [-0.25, -0.2) is 4.98 Å². The number of aromatic nitrogens is 2. The Morgan fingerprint density at radius 2 is 1.35 bits per heavy atom. The second-order valence-electron chi connectivity index (χ2n) is 8.88. The molecule has 0 atom stereocenters. The average molecular weight is 519 g/mol. The average Bonchev–Trinajstić information content (AvgIpc) is 3.22. The molecule has 176 valence electrons. The van der Waals surface area contributed by atoms with Crippen LogP contribution in [0, 0.1) is 6.92 Å². The summed E-state index contributed by atoms with van der Waals surface area (Å²) in [4.78, 5) is 9.37. The topological polar surface area (TPSA) is 44.5 Å². The summed E-state index contributed by atoms with van der Waals surface area (Å²) in [6.07, 6.45) is 0. The van der Waals surface area contributed by atoms with E-state index in [2.05, 4.69) is 85.8 Å². The number of phenols is 1. The lowest BCUT2D eigenvalue weighted by atomic mass is 10.0. The smallest absolute Gasteiger partial charge is 0.141 e. The van der Waals surface area contributed by atoms with Gasteiger partial charge in [-0.15, -0.1) is 0 Å². The summed E-state index contributed by atoms with van der Waals surface area (Å²) in [6, 6.07) is 21.1. The standard InChI is InChI=1S/C28H31BrN4O/c1-7-33-26(20-10-14-23(15-11-20)32(5)6)25(19-8-12-22(13-9-19)31(3)4)30-28(33)21-16-18(2)27(34)24(29)17-21/h8-17,34H,7H2,1-6H3. The lowest BCUT2D eigenvalue weighted by Gasteiger charge is -2.15. The Balaban J connectivity index is 1.97. The number of nitrogens with zero attached hydrogens (tertiary/aromatic N) is 4. The fraction of sp³-hybridized carbons (Fsp3) is 0.250. The van der Waals surface area contributed by atoms with E-state index in [-0.39, 0.29) is 5.75 Å².